The molecule has 1 aliphatic rings. The van der Waals surface area contributed by atoms with Gasteiger partial charge in [0, 0.05) is 18.9 Å². The first-order valence-corrected chi connectivity index (χ1v) is 8.71. The van der Waals surface area contributed by atoms with Crippen molar-refractivity contribution in [2.45, 2.75) is 18.9 Å². The number of furan rings is 1. The summed E-state index contributed by atoms with van der Waals surface area (Å²) in [4.78, 5) is 24.3. The average Bonchev–Trinajstić information content (AvgIpc) is 3.19. The lowest BCUT2D eigenvalue weighted by Gasteiger charge is -2.26. The number of amides is 2. The van der Waals surface area contributed by atoms with E-state index < -0.39 is 11.9 Å². The Hall–Kier alpha value is -2.35. The first kappa shape index (κ1) is 18.4. The summed E-state index contributed by atoms with van der Waals surface area (Å²) in [5.41, 5.74) is 6.99. The molecule has 1 fully saturated rings. The van der Waals surface area contributed by atoms with E-state index in [1.165, 1.54) is 6.26 Å². The predicted molar refractivity (Wildman–Crippen MR) is 98.3 cm³/mol. The Kier molecular flexibility index (Phi) is 5.92. The molecule has 3 rings (SSSR count). The summed E-state index contributed by atoms with van der Waals surface area (Å²) in [6.07, 6.45) is 2.96. The Morgan fingerprint density at radius 2 is 1.96 bits per heavy atom. The Labute approximate surface area is 155 Å². The van der Waals surface area contributed by atoms with Gasteiger partial charge < -0.3 is 25.5 Å². The molecule has 138 valence electrons. The smallest absolute Gasteiger partial charge is 0.291 e. The van der Waals surface area contributed by atoms with Crippen LogP contribution in [0.25, 0.3) is 0 Å². The summed E-state index contributed by atoms with van der Waals surface area (Å²) >= 11 is 6.20. The van der Waals surface area contributed by atoms with E-state index in [2.05, 4.69) is 10.6 Å². The fraction of sp³-hybridized carbons (Fsp3) is 0.333. The average molecular weight is 378 g/mol. The molecule has 2 amide bonds. The fourth-order valence-electron chi connectivity index (χ4n) is 2.80. The van der Waals surface area contributed by atoms with Crippen molar-refractivity contribution in [3.8, 4) is 0 Å². The third-order valence-electron chi connectivity index (χ3n) is 4.31. The minimum absolute atomic E-state index is 0.103. The van der Waals surface area contributed by atoms with Crippen LogP contribution in [0.15, 0.2) is 41.0 Å². The molecule has 0 bridgehead atoms. The topological polar surface area (TPSA) is 107 Å². The second-order valence-corrected chi connectivity index (χ2v) is 6.50. The molecule has 2 aromatic rings. The SMILES string of the molecule is NC(C(=O)Nc1ccc(NC(=O)c2ccco2)c(Cl)c1)C1CCOCC1. The highest BCUT2D eigenvalue weighted by Gasteiger charge is 2.26. The lowest BCUT2D eigenvalue weighted by atomic mass is 9.92. The number of hydrogen-bond donors (Lipinski definition) is 3. The van der Waals surface area contributed by atoms with Crippen molar-refractivity contribution in [1.29, 1.82) is 0 Å². The Balaban J connectivity index is 1.61. The van der Waals surface area contributed by atoms with Gasteiger partial charge in [0.2, 0.25) is 5.91 Å². The minimum atomic E-state index is -0.601. The van der Waals surface area contributed by atoms with Crippen LogP contribution < -0.4 is 16.4 Å². The van der Waals surface area contributed by atoms with Gasteiger partial charge in [0.15, 0.2) is 5.76 Å². The highest BCUT2D eigenvalue weighted by Crippen LogP contribution is 2.27. The summed E-state index contributed by atoms with van der Waals surface area (Å²) in [5.74, 6) is -0.387. The predicted octanol–water partition coefficient (Wildman–Crippen LogP) is 2.88. The van der Waals surface area contributed by atoms with Crippen LogP contribution in [-0.4, -0.2) is 31.1 Å². The van der Waals surface area contributed by atoms with Crippen LogP contribution in [-0.2, 0) is 9.53 Å². The quantitative estimate of drug-likeness (QED) is 0.742. The van der Waals surface area contributed by atoms with Crippen LogP contribution in [0.4, 0.5) is 11.4 Å². The molecular formula is C18H20ClN3O4. The van der Waals surface area contributed by atoms with Crippen LogP contribution in [0, 0.1) is 5.92 Å². The zero-order chi connectivity index (χ0) is 18.5. The Morgan fingerprint density at radius 3 is 2.62 bits per heavy atom. The van der Waals surface area contributed by atoms with E-state index >= 15 is 0 Å². The van der Waals surface area contributed by atoms with E-state index in [-0.39, 0.29) is 17.6 Å². The van der Waals surface area contributed by atoms with Gasteiger partial charge in [0.25, 0.3) is 5.91 Å². The van der Waals surface area contributed by atoms with Crippen molar-refractivity contribution in [2.75, 3.05) is 23.8 Å². The van der Waals surface area contributed by atoms with Crippen molar-refractivity contribution in [3.63, 3.8) is 0 Å². The number of benzene rings is 1. The molecule has 0 radical (unpaired) electrons. The van der Waals surface area contributed by atoms with Crippen molar-refractivity contribution >= 4 is 34.8 Å². The molecule has 1 aromatic carbocycles. The van der Waals surface area contributed by atoms with Gasteiger partial charge in [-0.2, -0.15) is 0 Å². The molecule has 1 atom stereocenters. The van der Waals surface area contributed by atoms with Crippen LogP contribution >= 0.6 is 11.6 Å². The number of carbonyl (C=O) groups is 2. The van der Waals surface area contributed by atoms with Crippen LogP contribution in [0.3, 0.4) is 0 Å². The molecule has 1 saturated heterocycles. The molecule has 1 aliphatic heterocycles. The lowest BCUT2D eigenvalue weighted by Crippen LogP contribution is -2.44. The second kappa shape index (κ2) is 8.35. The van der Waals surface area contributed by atoms with E-state index in [1.807, 2.05) is 0 Å². The summed E-state index contributed by atoms with van der Waals surface area (Å²) < 4.78 is 10.3. The van der Waals surface area contributed by atoms with E-state index in [1.54, 1.807) is 30.3 Å². The molecule has 4 N–H and O–H groups in total. The van der Waals surface area contributed by atoms with Gasteiger partial charge in [0.1, 0.15) is 0 Å². The zero-order valence-electron chi connectivity index (χ0n) is 14.0. The summed E-state index contributed by atoms with van der Waals surface area (Å²) in [6.45, 7) is 1.25. The minimum Gasteiger partial charge on any atom is -0.459 e. The zero-order valence-corrected chi connectivity index (χ0v) is 14.8. The van der Waals surface area contributed by atoms with Crippen LogP contribution in [0.2, 0.25) is 5.02 Å². The fourth-order valence-corrected chi connectivity index (χ4v) is 3.03. The van der Waals surface area contributed by atoms with Gasteiger partial charge in [-0.1, -0.05) is 11.6 Å². The third kappa shape index (κ3) is 4.43. The normalized spacial score (nSPS) is 16.1. The molecule has 0 aliphatic carbocycles. The number of carbonyl (C=O) groups excluding carboxylic acids is 2. The van der Waals surface area contributed by atoms with Crippen molar-refractivity contribution < 1.29 is 18.7 Å². The number of anilines is 2. The molecule has 0 saturated carbocycles. The number of hydrogen-bond acceptors (Lipinski definition) is 5. The van der Waals surface area contributed by atoms with Crippen LogP contribution in [0.1, 0.15) is 23.4 Å². The number of ether oxygens (including phenoxy) is 1. The van der Waals surface area contributed by atoms with E-state index in [9.17, 15) is 9.59 Å². The number of halogens is 1. The molecule has 7 nitrogen and oxygen atoms in total. The highest BCUT2D eigenvalue weighted by molar-refractivity contribution is 6.34. The van der Waals surface area contributed by atoms with Crippen LogP contribution in [0.5, 0.6) is 0 Å². The summed E-state index contributed by atoms with van der Waals surface area (Å²) in [7, 11) is 0. The Morgan fingerprint density at radius 1 is 1.19 bits per heavy atom. The molecule has 8 heteroatoms. The van der Waals surface area contributed by atoms with Gasteiger partial charge in [-0.3, -0.25) is 9.59 Å². The van der Waals surface area contributed by atoms with Gasteiger partial charge in [-0.05, 0) is 49.1 Å². The monoisotopic (exact) mass is 377 g/mol. The maximum absolute atomic E-state index is 12.3. The maximum Gasteiger partial charge on any atom is 0.291 e. The van der Waals surface area contributed by atoms with Gasteiger partial charge in [-0.25, -0.2) is 0 Å². The standard InChI is InChI=1S/C18H20ClN3O4/c19-13-10-12(21-18(24)16(20)11-5-8-25-9-6-11)3-4-14(13)22-17(23)15-2-1-7-26-15/h1-4,7,10-11,16H,5-6,8-9,20H2,(H,21,24)(H,22,23). The lowest BCUT2D eigenvalue weighted by molar-refractivity contribution is -0.119. The molecule has 1 unspecified atom stereocenters. The summed E-state index contributed by atoms with van der Waals surface area (Å²) in [6, 6.07) is 7.40. The molecule has 26 heavy (non-hydrogen) atoms. The van der Waals surface area contributed by atoms with Crippen molar-refractivity contribution in [3.05, 3.63) is 47.4 Å². The second-order valence-electron chi connectivity index (χ2n) is 6.09. The number of nitrogens with two attached hydrogens (primary N) is 1. The van der Waals surface area contributed by atoms with Crippen molar-refractivity contribution in [1.82, 2.24) is 0 Å². The van der Waals surface area contributed by atoms with Gasteiger partial charge in [0.05, 0.1) is 23.0 Å². The van der Waals surface area contributed by atoms with Gasteiger partial charge >= 0.3 is 0 Å². The maximum atomic E-state index is 12.3. The largest absolute Gasteiger partial charge is 0.459 e. The molecular weight excluding hydrogens is 358 g/mol. The first-order chi connectivity index (χ1) is 12.5. The number of nitrogens with one attached hydrogen (secondary N) is 2. The molecule has 1 aromatic heterocycles. The highest BCUT2D eigenvalue weighted by atomic mass is 35.5. The van der Waals surface area contributed by atoms with Gasteiger partial charge in [-0.15, -0.1) is 0 Å². The van der Waals surface area contributed by atoms with E-state index in [0.29, 0.717) is 29.6 Å². The summed E-state index contributed by atoms with van der Waals surface area (Å²) in [5, 5.41) is 5.71. The molecule has 2 heterocycles. The Bertz CT molecular complexity index is 773. The third-order valence-corrected chi connectivity index (χ3v) is 4.62. The first-order valence-electron chi connectivity index (χ1n) is 8.33. The van der Waals surface area contributed by atoms with E-state index in [0.717, 1.165) is 12.8 Å². The van der Waals surface area contributed by atoms with Crippen molar-refractivity contribution in [2.24, 2.45) is 11.7 Å². The number of rotatable bonds is 5. The van der Waals surface area contributed by atoms with E-state index in [4.69, 9.17) is 26.5 Å². The molecule has 0 spiro atoms.